The Morgan fingerprint density at radius 1 is 1.38 bits per heavy atom. The molecule has 0 saturated heterocycles. The second-order valence-electron chi connectivity index (χ2n) is 4.01. The highest BCUT2D eigenvalue weighted by Crippen LogP contribution is 2.23. The fourth-order valence-corrected chi connectivity index (χ4v) is 2.52. The molecule has 0 fully saturated rings. The summed E-state index contributed by atoms with van der Waals surface area (Å²) in [7, 11) is 0. The van der Waals surface area contributed by atoms with Gasteiger partial charge in [-0.1, -0.05) is 25.1 Å². The maximum Gasteiger partial charge on any atom is 0.120 e. The summed E-state index contributed by atoms with van der Waals surface area (Å²) >= 11 is 1.85. The van der Waals surface area contributed by atoms with Crippen LogP contribution in [0.15, 0.2) is 24.3 Å². The molecule has 1 aromatic rings. The van der Waals surface area contributed by atoms with Crippen LogP contribution in [0.3, 0.4) is 0 Å². The summed E-state index contributed by atoms with van der Waals surface area (Å²) in [6, 6.07) is 8.22. The van der Waals surface area contributed by atoms with Crippen molar-refractivity contribution in [2.45, 2.75) is 32.4 Å². The lowest BCUT2D eigenvalue weighted by Crippen LogP contribution is -2.32. The zero-order chi connectivity index (χ0) is 12.0. The van der Waals surface area contributed by atoms with Gasteiger partial charge in [-0.3, -0.25) is 0 Å². The van der Waals surface area contributed by atoms with Crippen LogP contribution >= 0.6 is 11.8 Å². The number of hydrogen-bond acceptors (Lipinski definition) is 3. The maximum atomic E-state index is 9.75. The number of para-hydroxylation sites is 1. The second kappa shape index (κ2) is 6.81. The van der Waals surface area contributed by atoms with E-state index in [0.29, 0.717) is 11.8 Å². The van der Waals surface area contributed by atoms with Crippen LogP contribution in [-0.4, -0.2) is 23.2 Å². The van der Waals surface area contributed by atoms with E-state index in [9.17, 15) is 5.11 Å². The smallest absolute Gasteiger partial charge is 0.120 e. The van der Waals surface area contributed by atoms with E-state index in [1.807, 2.05) is 30.0 Å². The first kappa shape index (κ1) is 13.4. The molecule has 90 valence electrons. The average molecular weight is 239 g/mol. The molecule has 0 bridgehead atoms. The van der Waals surface area contributed by atoms with E-state index in [0.717, 1.165) is 17.7 Å². The molecule has 2 nitrogen and oxygen atoms in total. The largest absolute Gasteiger partial charge is 0.508 e. The van der Waals surface area contributed by atoms with Crippen LogP contribution in [0.25, 0.3) is 0 Å². The number of phenols is 1. The van der Waals surface area contributed by atoms with Gasteiger partial charge >= 0.3 is 0 Å². The lowest BCUT2D eigenvalue weighted by molar-refractivity contribution is 0.433. The van der Waals surface area contributed by atoms with E-state index in [-0.39, 0.29) is 6.04 Å². The van der Waals surface area contributed by atoms with E-state index < -0.39 is 0 Å². The molecule has 3 heteroatoms. The number of phenolic OH excluding ortho intramolecular Hbond substituents is 1. The molecule has 1 rings (SSSR count). The van der Waals surface area contributed by atoms with Gasteiger partial charge in [-0.05, 0) is 25.7 Å². The molecule has 0 aromatic heterocycles. The number of nitrogens with one attached hydrogen (secondary N) is 1. The fourth-order valence-electron chi connectivity index (χ4n) is 1.78. The molecule has 0 aliphatic carbocycles. The Morgan fingerprint density at radius 3 is 2.62 bits per heavy atom. The first-order valence-corrected chi connectivity index (χ1v) is 7.11. The van der Waals surface area contributed by atoms with Crippen molar-refractivity contribution in [3.63, 3.8) is 0 Å². The third kappa shape index (κ3) is 3.72. The van der Waals surface area contributed by atoms with Gasteiger partial charge in [0.15, 0.2) is 0 Å². The SMILES string of the molecule is CCC(CSC)NC(C)c1ccccc1O. The Morgan fingerprint density at radius 2 is 2.06 bits per heavy atom. The van der Waals surface area contributed by atoms with Gasteiger partial charge in [0, 0.05) is 23.4 Å². The standard InChI is InChI=1S/C13H21NOS/c1-4-11(9-16-3)14-10(2)12-7-5-6-8-13(12)15/h5-8,10-11,14-15H,4,9H2,1-3H3. The Kier molecular flexibility index (Phi) is 5.71. The Labute approximate surface area is 102 Å². The van der Waals surface area contributed by atoms with Gasteiger partial charge in [0.25, 0.3) is 0 Å². The summed E-state index contributed by atoms with van der Waals surface area (Å²) in [5.74, 6) is 1.48. The summed E-state index contributed by atoms with van der Waals surface area (Å²) < 4.78 is 0. The van der Waals surface area contributed by atoms with Crippen molar-refractivity contribution in [3.05, 3.63) is 29.8 Å². The van der Waals surface area contributed by atoms with E-state index in [2.05, 4.69) is 25.4 Å². The van der Waals surface area contributed by atoms with E-state index in [1.54, 1.807) is 6.07 Å². The van der Waals surface area contributed by atoms with Gasteiger partial charge in [0.2, 0.25) is 0 Å². The van der Waals surface area contributed by atoms with Gasteiger partial charge in [-0.2, -0.15) is 11.8 Å². The zero-order valence-corrected chi connectivity index (χ0v) is 11.1. The van der Waals surface area contributed by atoms with Gasteiger partial charge in [0.05, 0.1) is 0 Å². The van der Waals surface area contributed by atoms with Gasteiger partial charge in [0.1, 0.15) is 5.75 Å². The number of aromatic hydroxyl groups is 1. The normalized spacial score (nSPS) is 14.7. The van der Waals surface area contributed by atoms with Crippen molar-refractivity contribution in [1.29, 1.82) is 0 Å². The van der Waals surface area contributed by atoms with Crippen LogP contribution in [-0.2, 0) is 0 Å². The highest BCUT2D eigenvalue weighted by Gasteiger charge is 2.13. The van der Waals surface area contributed by atoms with Crippen LogP contribution in [0.4, 0.5) is 0 Å². The van der Waals surface area contributed by atoms with Crippen LogP contribution in [0.1, 0.15) is 31.9 Å². The number of thioether (sulfide) groups is 1. The summed E-state index contributed by atoms with van der Waals surface area (Å²) in [6.07, 6.45) is 3.23. The quantitative estimate of drug-likeness (QED) is 0.799. The van der Waals surface area contributed by atoms with Crippen LogP contribution in [0.2, 0.25) is 0 Å². The molecule has 2 unspecified atom stereocenters. The first-order valence-electron chi connectivity index (χ1n) is 5.71. The molecule has 0 saturated carbocycles. The highest BCUT2D eigenvalue weighted by atomic mass is 32.2. The Bertz CT molecular complexity index is 317. The van der Waals surface area contributed by atoms with E-state index >= 15 is 0 Å². The third-order valence-corrected chi connectivity index (χ3v) is 3.49. The van der Waals surface area contributed by atoms with Crippen molar-refractivity contribution in [3.8, 4) is 5.75 Å². The summed E-state index contributed by atoms with van der Waals surface area (Å²) in [6.45, 7) is 4.28. The molecule has 0 aliphatic heterocycles. The van der Waals surface area contributed by atoms with Gasteiger partial charge in [-0.25, -0.2) is 0 Å². The Hall–Kier alpha value is -0.670. The molecule has 0 aliphatic rings. The minimum atomic E-state index is 0.193. The molecule has 2 N–H and O–H groups in total. The van der Waals surface area contributed by atoms with Gasteiger partial charge < -0.3 is 10.4 Å². The van der Waals surface area contributed by atoms with E-state index in [4.69, 9.17) is 0 Å². The summed E-state index contributed by atoms with van der Waals surface area (Å²) in [4.78, 5) is 0. The molecule has 16 heavy (non-hydrogen) atoms. The highest BCUT2D eigenvalue weighted by molar-refractivity contribution is 7.98. The molecule has 1 aromatic carbocycles. The van der Waals surface area contributed by atoms with Crippen LogP contribution in [0, 0.1) is 0 Å². The number of rotatable bonds is 6. The average Bonchev–Trinajstić information content (AvgIpc) is 2.28. The predicted octanol–water partition coefficient (Wildman–Crippen LogP) is 3.18. The lowest BCUT2D eigenvalue weighted by Gasteiger charge is -2.22. The van der Waals surface area contributed by atoms with Crippen molar-refractivity contribution < 1.29 is 5.11 Å². The third-order valence-electron chi connectivity index (χ3n) is 2.75. The summed E-state index contributed by atoms with van der Waals surface area (Å²) in [5.41, 5.74) is 0.974. The second-order valence-corrected chi connectivity index (χ2v) is 4.92. The topological polar surface area (TPSA) is 32.3 Å². The zero-order valence-electron chi connectivity index (χ0n) is 10.2. The van der Waals surface area contributed by atoms with Crippen molar-refractivity contribution in [2.75, 3.05) is 12.0 Å². The molecule has 2 atom stereocenters. The molecule has 0 heterocycles. The predicted molar refractivity (Wildman–Crippen MR) is 72.1 cm³/mol. The minimum Gasteiger partial charge on any atom is -0.508 e. The first-order chi connectivity index (χ1) is 7.69. The summed E-state index contributed by atoms with van der Waals surface area (Å²) in [5, 5.41) is 13.3. The Balaban J connectivity index is 2.64. The van der Waals surface area contributed by atoms with Crippen molar-refractivity contribution >= 4 is 11.8 Å². The number of hydrogen-bond donors (Lipinski definition) is 2. The molecule has 0 spiro atoms. The molecular formula is C13H21NOS. The number of benzene rings is 1. The fraction of sp³-hybridized carbons (Fsp3) is 0.538. The maximum absolute atomic E-state index is 9.75. The lowest BCUT2D eigenvalue weighted by atomic mass is 10.1. The monoisotopic (exact) mass is 239 g/mol. The minimum absolute atomic E-state index is 0.193. The molecule has 0 amide bonds. The van der Waals surface area contributed by atoms with Crippen LogP contribution < -0.4 is 5.32 Å². The molecule has 0 radical (unpaired) electrons. The molecular weight excluding hydrogens is 218 g/mol. The van der Waals surface area contributed by atoms with Crippen LogP contribution in [0.5, 0.6) is 5.75 Å². The van der Waals surface area contributed by atoms with E-state index in [1.165, 1.54) is 0 Å². The van der Waals surface area contributed by atoms with Gasteiger partial charge in [-0.15, -0.1) is 0 Å². The van der Waals surface area contributed by atoms with Crippen molar-refractivity contribution in [1.82, 2.24) is 5.32 Å². The van der Waals surface area contributed by atoms with Crippen molar-refractivity contribution in [2.24, 2.45) is 0 Å².